The van der Waals surface area contributed by atoms with Crippen LogP contribution in [0.1, 0.15) is 12.8 Å². The lowest BCUT2D eigenvalue weighted by atomic mass is 10.1. The van der Waals surface area contributed by atoms with Crippen molar-refractivity contribution in [1.82, 2.24) is 10.6 Å². The number of alkyl halides is 4. The van der Waals surface area contributed by atoms with Crippen molar-refractivity contribution in [3.8, 4) is 0 Å². The first-order chi connectivity index (χ1) is 9.06. The Kier molecular flexibility index (Phi) is 6.73. The lowest BCUT2D eigenvalue weighted by Gasteiger charge is -2.18. The molecule has 7 nitrogen and oxygen atoms in total. The summed E-state index contributed by atoms with van der Waals surface area (Å²) in [7, 11) is 0. The number of aliphatic carboxylic acids is 1. The molecule has 0 aliphatic heterocycles. The van der Waals surface area contributed by atoms with Crippen LogP contribution in [0.25, 0.3) is 0 Å². The summed E-state index contributed by atoms with van der Waals surface area (Å²) >= 11 is 0. The van der Waals surface area contributed by atoms with Crippen LogP contribution in [0.3, 0.4) is 0 Å². The van der Waals surface area contributed by atoms with Gasteiger partial charge in [-0.25, -0.2) is 18.4 Å². The SMILES string of the molecule is NC(=O)CC[C@H](NC(=O)NCC(F)(F)C(F)F)C(=O)O. The highest BCUT2D eigenvalue weighted by Gasteiger charge is 2.41. The van der Waals surface area contributed by atoms with E-state index in [0.717, 1.165) is 0 Å². The van der Waals surface area contributed by atoms with E-state index in [0.29, 0.717) is 0 Å². The van der Waals surface area contributed by atoms with Gasteiger partial charge >= 0.3 is 24.3 Å². The van der Waals surface area contributed by atoms with E-state index in [1.807, 2.05) is 0 Å². The smallest absolute Gasteiger partial charge is 0.326 e. The van der Waals surface area contributed by atoms with Gasteiger partial charge in [-0.3, -0.25) is 4.79 Å². The molecule has 0 rings (SSSR count). The summed E-state index contributed by atoms with van der Waals surface area (Å²) in [5, 5.41) is 11.9. The Bertz CT molecular complexity index is 378. The number of hydrogen-bond donors (Lipinski definition) is 4. The monoisotopic (exact) mass is 303 g/mol. The molecule has 0 aromatic carbocycles. The van der Waals surface area contributed by atoms with Gasteiger partial charge in [-0.05, 0) is 6.42 Å². The number of carbonyl (C=O) groups excluding carboxylic acids is 2. The number of amides is 3. The Morgan fingerprint density at radius 1 is 1.25 bits per heavy atom. The van der Waals surface area contributed by atoms with Crippen LogP contribution in [0.15, 0.2) is 0 Å². The van der Waals surface area contributed by atoms with Gasteiger partial charge in [0.25, 0.3) is 0 Å². The molecular weight excluding hydrogens is 290 g/mol. The number of nitrogens with one attached hydrogen (secondary N) is 2. The lowest BCUT2D eigenvalue weighted by molar-refractivity contribution is -0.139. The number of primary amides is 1. The third kappa shape index (κ3) is 6.75. The van der Waals surface area contributed by atoms with E-state index < -0.39 is 42.8 Å². The average molecular weight is 303 g/mol. The zero-order valence-corrected chi connectivity index (χ0v) is 10.0. The van der Waals surface area contributed by atoms with Gasteiger partial charge in [-0.1, -0.05) is 0 Å². The zero-order valence-electron chi connectivity index (χ0n) is 10.0. The number of carboxylic acid groups (broad SMARTS) is 1. The topological polar surface area (TPSA) is 122 Å². The van der Waals surface area contributed by atoms with E-state index in [2.05, 4.69) is 0 Å². The Balaban J connectivity index is 4.33. The van der Waals surface area contributed by atoms with Crippen molar-refractivity contribution < 1.29 is 37.1 Å². The Labute approximate surface area is 110 Å². The van der Waals surface area contributed by atoms with Crippen LogP contribution in [0.4, 0.5) is 22.4 Å². The Morgan fingerprint density at radius 2 is 1.80 bits per heavy atom. The molecule has 5 N–H and O–H groups in total. The maximum Gasteiger partial charge on any atom is 0.326 e. The van der Waals surface area contributed by atoms with E-state index in [4.69, 9.17) is 10.8 Å². The number of halogens is 4. The summed E-state index contributed by atoms with van der Waals surface area (Å²) < 4.78 is 48.6. The molecule has 0 fully saturated rings. The molecule has 0 spiro atoms. The Hall–Kier alpha value is -2.07. The fourth-order valence-electron chi connectivity index (χ4n) is 1.03. The van der Waals surface area contributed by atoms with Gasteiger partial charge in [-0.15, -0.1) is 0 Å². The van der Waals surface area contributed by atoms with Crippen LogP contribution in [-0.4, -0.2) is 47.9 Å². The molecule has 20 heavy (non-hydrogen) atoms. The molecule has 0 aliphatic carbocycles. The van der Waals surface area contributed by atoms with E-state index in [9.17, 15) is 31.9 Å². The van der Waals surface area contributed by atoms with E-state index in [1.165, 1.54) is 5.32 Å². The second kappa shape index (κ2) is 7.50. The van der Waals surface area contributed by atoms with Crippen LogP contribution in [0.5, 0.6) is 0 Å². The molecule has 116 valence electrons. The van der Waals surface area contributed by atoms with Gasteiger partial charge in [0.2, 0.25) is 5.91 Å². The van der Waals surface area contributed by atoms with Gasteiger partial charge in [0.05, 0.1) is 6.54 Å². The van der Waals surface area contributed by atoms with Crippen molar-refractivity contribution >= 4 is 17.9 Å². The second-order valence-corrected chi connectivity index (χ2v) is 3.78. The minimum absolute atomic E-state index is 0.357. The first-order valence-corrected chi connectivity index (χ1v) is 5.27. The first kappa shape index (κ1) is 17.9. The van der Waals surface area contributed by atoms with Crippen molar-refractivity contribution in [2.45, 2.75) is 31.2 Å². The summed E-state index contributed by atoms with van der Waals surface area (Å²) in [6, 6.07) is -2.93. The molecule has 0 radical (unpaired) electrons. The highest BCUT2D eigenvalue weighted by Crippen LogP contribution is 2.21. The molecule has 0 saturated carbocycles. The summed E-state index contributed by atoms with van der Waals surface area (Å²) in [6.45, 7) is -1.65. The van der Waals surface area contributed by atoms with Crippen molar-refractivity contribution in [2.24, 2.45) is 5.73 Å². The minimum atomic E-state index is -4.43. The number of nitrogens with two attached hydrogens (primary N) is 1. The summed E-state index contributed by atoms with van der Waals surface area (Å²) in [4.78, 5) is 32.2. The number of hydrogen-bond acceptors (Lipinski definition) is 3. The number of carbonyl (C=O) groups is 3. The van der Waals surface area contributed by atoms with Crippen molar-refractivity contribution in [3.05, 3.63) is 0 Å². The van der Waals surface area contributed by atoms with E-state index in [1.54, 1.807) is 5.32 Å². The molecule has 11 heteroatoms. The van der Waals surface area contributed by atoms with Gasteiger partial charge in [0.15, 0.2) is 0 Å². The van der Waals surface area contributed by atoms with Crippen molar-refractivity contribution in [1.29, 1.82) is 0 Å². The van der Waals surface area contributed by atoms with Crippen LogP contribution in [0.2, 0.25) is 0 Å². The standard InChI is InChI=1S/C9H13F4N3O4/c10-7(11)9(12,13)3-15-8(20)16-4(6(18)19)1-2-5(14)17/h4,7H,1-3H2,(H2,14,17)(H,18,19)(H2,15,16,20)/t4-/m0/s1. The predicted octanol–water partition coefficient (Wildman–Crippen LogP) is -0.0953. The summed E-state index contributed by atoms with van der Waals surface area (Å²) in [5.41, 5.74) is 4.78. The normalized spacial score (nSPS) is 12.8. The van der Waals surface area contributed by atoms with Crippen molar-refractivity contribution in [2.75, 3.05) is 6.54 Å². The van der Waals surface area contributed by atoms with Gasteiger partial charge < -0.3 is 21.5 Å². The highest BCUT2D eigenvalue weighted by atomic mass is 19.3. The third-order valence-corrected chi connectivity index (χ3v) is 2.09. The van der Waals surface area contributed by atoms with Crippen LogP contribution < -0.4 is 16.4 Å². The second-order valence-electron chi connectivity index (χ2n) is 3.78. The third-order valence-electron chi connectivity index (χ3n) is 2.09. The highest BCUT2D eigenvalue weighted by molar-refractivity contribution is 5.83. The first-order valence-electron chi connectivity index (χ1n) is 5.27. The average Bonchev–Trinajstić information content (AvgIpc) is 2.31. The zero-order chi connectivity index (χ0) is 15.9. The Morgan fingerprint density at radius 3 is 2.20 bits per heavy atom. The largest absolute Gasteiger partial charge is 0.480 e. The van der Waals surface area contributed by atoms with Crippen LogP contribution in [-0.2, 0) is 9.59 Å². The van der Waals surface area contributed by atoms with E-state index >= 15 is 0 Å². The van der Waals surface area contributed by atoms with Gasteiger partial charge in [0.1, 0.15) is 6.04 Å². The molecule has 0 heterocycles. The predicted molar refractivity (Wildman–Crippen MR) is 57.3 cm³/mol. The molecule has 0 aliphatic rings. The molecule has 3 amide bonds. The molecule has 0 aromatic rings. The molecule has 0 unspecified atom stereocenters. The number of carboxylic acids is 1. The summed E-state index contributed by atoms with van der Waals surface area (Å²) in [6.07, 6.45) is -4.68. The minimum Gasteiger partial charge on any atom is -0.480 e. The number of urea groups is 1. The lowest BCUT2D eigenvalue weighted by Crippen LogP contribution is -2.50. The molecule has 0 aromatic heterocycles. The fraction of sp³-hybridized carbons (Fsp3) is 0.667. The molecular formula is C9H13F4N3O4. The molecule has 1 atom stereocenters. The fourth-order valence-corrected chi connectivity index (χ4v) is 1.03. The van der Waals surface area contributed by atoms with Gasteiger partial charge in [-0.2, -0.15) is 8.78 Å². The molecule has 0 bridgehead atoms. The molecule has 0 saturated heterocycles. The maximum atomic E-state index is 12.5. The van der Waals surface area contributed by atoms with Crippen LogP contribution in [0, 0.1) is 0 Å². The van der Waals surface area contributed by atoms with Gasteiger partial charge in [0, 0.05) is 6.42 Å². The number of rotatable bonds is 8. The summed E-state index contributed by atoms with van der Waals surface area (Å²) in [5.74, 6) is -6.77. The maximum absolute atomic E-state index is 12.5. The quantitative estimate of drug-likeness (QED) is 0.468. The van der Waals surface area contributed by atoms with Crippen LogP contribution >= 0.6 is 0 Å². The van der Waals surface area contributed by atoms with Crippen molar-refractivity contribution in [3.63, 3.8) is 0 Å². The van der Waals surface area contributed by atoms with E-state index in [-0.39, 0.29) is 12.8 Å².